The van der Waals surface area contributed by atoms with Gasteiger partial charge in [0.25, 0.3) is 0 Å². The second kappa shape index (κ2) is 6.35. The predicted octanol–water partition coefficient (Wildman–Crippen LogP) is 4.56. The number of likely N-dealkylation sites (tertiary alicyclic amines) is 1. The zero-order valence-electron chi connectivity index (χ0n) is 16.1. The van der Waals surface area contributed by atoms with Gasteiger partial charge in [0.1, 0.15) is 7.85 Å². The van der Waals surface area contributed by atoms with E-state index >= 15 is 0 Å². The Balaban J connectivity index is 1.93. The summed E-state index contributed by atoms with van der Waals surface area (Å²) in [6, 6.07) is 0.565. The van der Waals surface area contributed by atoms with E-state index in [0.717, 1.165) is 29.5 Å². The van der Waals surface area contributed by atoms with Crippen LogP contribution in [0.4, 0.5) is 0 Å². The summed E-state index contributed by atoms with van der Waals surface area (Å²) in [4.78, 5) is 3.85. The van der Waals surface area contributed by atoms with Crippen molar-refractivity contribution in [3.05, 3.63) is 0 Å². The van der Waals surface area contributed by atoms with Crippen LogP contribution in [0.5, 0.6) is 0 Å². The number of thiocarbonyl (C=S) groups is 1. The van der Waals surface area contributed by atoms with Crippen LogP contribution >= 0.6 is 12.2 Å². The molecule has 3 rings (SSSR count). The number of nitrogens with zero attached hydrogens (tertiary/aromatic N) is 1. The molecule has 1 nitrogen and oxygen atoms in total. The monoisotopic (exact) mass is 333 g/mol. The molecule has 1 saturated heterocycles. The van der Waals surface area contributed by atoms with E-state index in [2.05, 4.69) is 47.4 Å². The van der Waals surface area contributed by atoms with E-state index < -0.39 is 0 Å². The van der Waals surface area contributed by atoms with Gasteiger partial charge < -0.3 is 4.90 Å². The van der Waals surface area contributed by atoms with Gasteiger partial charge in [-0.25, -0.2) is 0 Å². The van der Waals surface area contributed by atoms with Gasteiger partial charge in [0.15, 0.2) is 0 Å². The predicted molar refractivity (Wildman–Crippen MR) is 107 cm³/mol. The molecule has 3 fully saturated rings. The van der Waals surface area contributed by atoms with Crippen molar-refractivity contribution >= 4 is 25.1 Å². The maximum atomic E-state index is 6.07. The lowest BCUT2D eigenvalue weighted by Gasteiger charge is -2.52. The summed E-state index contributed by atoms with van der Waals surface area (Å²) in [6.45, 7) is 13.3. The zero-order chi connectivity index (χ0) is 16.9. The van der Waals surface area contributed by atoms with Gasteiger partial charge in [0.05, 0.1) is 4.99 Å². The van der Waals surface area contributed by atoms with E-state index in [0.29, 0.717) is 17.4 Å². The standard InChI is InChI=1S/C20H36BNS/c1-12(2)20(5)11-16(21)9-14-8-15(14)10-17-18(20)6-7-22(13(3)4)19(17)23/h12-18H,6-11,21H2,1-5H3. The molecule has 1 heterocycles. The first-order valence-electron chi connectivity index (χ1n) is 10.0. The van der Waals surface area contributed by atoms with Crippen LogP contribution in [0.1, 0.15) is 66.7 Å². The molecule has 0 aromatic carbocycles. The lowest BCUT2D eigenvalue weighted by atomic mass is 9.56. The Hall–Kier alpha value is -0.0451. The minimum atomic E-state index is 0.452. The summed E-state index contributed by atoms with van der Waals surface area (Å²) < 4.78 is 0. The average Bonchev–Trinajstić information content (AvgIpc) is 3.16. The molecule has 3 heteroatoms. The van der Waals surface area contributed by atoms with E-state index in [1.54, 1.807) is 0 Å². The van der Waals surface area contributed by atoms with Crippen molar-refractivity contribution in [2.75, 3.05) is 6.54 Å². The van der Waals surface area contributed by atoms with E-state index in [9.17, 15) is 0 Å². The maximum absolute atomic E-state index is 6.07. The third-order valence-electron chi connectivity index (χ3n) is 7.68. The summed E-state index contributed by atoms with van der Waals surface area (Å²) in [5.41, 5.74) is 0.452. The van der Waals surface area contributed by atoms with Crippen LogP contribution in [0.25, 0.3) is 0 Å². The molecule has 0 radical (unpaired) electrons. The topological polar surface area (TPSA) is 3.24 Å². The van der Waals surface area contributed by atoms with Crippen molar-refractivity contribution in [1.29, 1.82) is 0 Å². The molecule has 0 N–H and O–H groups in total. The van der Waals surface area contributed by atoms with Gasteiger partial charge in [-0.05, 0) is 62.2 Å². The minimum Gasteiger partial charge on any atom is -0.363 e. The van der Waals surface area contributed by atoms with Crippen molar-refractivity contribution in [2.45, 2.75) is 78.6 Å². The Morgan fingerprint density at radius 2 is 1.78 bits per heavy atom. The van der Waals surface area contributed by atoms with Gasteiger partial charge in [-0.1, -0.05) is 51.6 Å². The fourth-order valence-corrected chi connectivity index (χ4v) is 6.48. The summed E-state index contributed by atoms with van der Waals surface area (Å²) in [7, 11) is 2.51. The van der Waals surface area contributed by atoms with Gasteiger partial charge in [-0.2, -0.15) is 0 Å². The fourth-order valence-electron chi connectivity index (χ4n) is 5.92. The average molecular weight is 333 g/mol. The Morgan fingerprint density at radius 3 is 2.39 bits per heavy atom. The highest BCUT2D eigenvalue weighted by Gasteiger charge is 2.51. The van der Waals surface area contributed by atoms with E-state index in [1.807, 2.05) is 0 Å². The SMILES string of the molecule is BC1CC2CC2CC2C(=S)N(C(C)C)CCC2C(C)(C(C)C)C1. The summed E-state index contributed by atoms with van der Waals surface area (Å²) in [5.74, 6) is 5.08. The molecule has 3 aliphatic rings. The molecule has 6 atom stereocenters. The summed E-state index contributed by atoms with van der Waals surface area (Å²) >= 11 is 6.07. The maximum Gasteiger partial charge on any atom is 0.105 e. The van der Waals surface area contributed by atoms with Gasteiger partial charge in [0, 0.05) is 18.5 Å². The van der Waals surface area contributed by atoms with Crippen LogP contribution < -0.4 is 0 Å². The van der Waals surface area contributed by atoms with Crippen molar-refractivity contribution in [3.63, 3.8) is 0 Å². The number of fused-ring (bicyclic) bond motifs is 2. The quantitative estimate of drug-likeness (QED) is 0.538. The highest BCUT2D eigenvalue weighted by molar-refractivity contribution is 7.80. The third kappa shape index (κ3) is 3.24. The number of hydrogen-bond donors (Lipinski definition) is 0. The first kappa shape index (κ1) is 17.8. The first-order chi connectivity index (χ1) is 10.7. The van der Waals surface area contributed by atoms with Crippen molar-refractivity contribution in [2.24, 2.45) is 35.0 Å². The molecule has 130 valence electrons. The zero-order valence-corrected chi connectivity index (χ0v) is 17.0. The molecular weight excluding hydrogens is 297 g/mol. The Morgan fingerprint density at radius 1 is 1.13 bits per heavy atom. The normalized spacial score (nSPS) is 44.4. The summed E-state index contributed by atoms with van der Waals surface area (Å²) in [6.07, 6.45) is 7.08. The van der Waals surface area contributed by atoms with Crippen molar-refractivity contribution < 1.29 is 0 Å². The Labute approximate surface area is 150 Å². The molecule has 23 heavy (non-hydrogen) atoms. The second-order valence-electron chi connectivity index (χ2n) is 9.82. The van der Waals surface area contributed by atoms with E-state index in [1.165, 1.54) is 43.6 Å². The Kier molecular flexibility index (Phi) is 4.91. The molecule has 0 amide bonds. The smallest absolute Gasteiger partial charge is 0.105 e. The summed E-state index contributed by atoms with van der Waals surface area (Å²) in [5, 5.41) is 0. The van der Waals surface area contributed by atoms with Crippen LogP contribution in [0.3, 0.4) is 0 Å². The van der Waals surface area contributed by atoms with Gasteiger partial charge in [-0.3, -0.25) is 0 Å². The van der Waals surface area contributed by atoms with Gasteiger partial charge in [-0.15, -0.1) is 0 Å². The second-order valence-corrected chi connectivity index (χ2v) is 10.2. The van der Waals surface area contributed by atoms with Crippen molar-refractivity contribution in [1.82, 2.24) is 4.90 Å². The van der Waals surface area contributed by atoms with E-state index in [-0.39, 0.29) is 0 Å². The minimum absolute atomic E-state index is 0.452. The number of hydrogen-bond acceptors (Lipinski definition) is 1. The molecule has 2 saturated carbocycles. The van der Waals surface area contributed by atoms with Crippen LogP contribution in [-0.2, 0) is 0 Å². The van der Waals surface area contributed by atoms with Crippen LogP contribution in [0.15, 0.2) is 0 Å². The molecule has 1 aliphatic heterocycles. The molecule has 2 aliphatic carbocycles. The number of rotatable bonds is 2. The van der Waals surface area contributed by atoms with Gasteiger partial charge >= 0.3 is 0 Å². The van der Waals surface area contributed by atoms with E-state index in [4.69, 9.17) is 12.2 Å². The van der Waals surface area contributed by atoms with Crippen molar-refractivity contribution in [3.8, 4) is 0 Å². The number of piperidine rings is 1. The fraction of sp³-hybridized carbons (Fsp3) is 0.950. The molecule has 6 unspecified atom stereocenters. The highest BCUT2D eigenvalue weighted by Crippen LogP contribution is 2.58. The first-order valence-corrected chi connectivity index (χ1v) is 10.4. The molecule has 0 aromatic rings. The Bertz CT molecular complexity index is 463. The van der Waals surface area contributed by atoms with Crippen LogP contribution in [-0.4, -0.2) is 30.3 Å². The van der Waals surface area contributed by atoms with Crippen LogP contribution in [0.2, 0.25) is 5.82 Å². The largest absolute Gasteiger partial charge is 0.363 e. The van der Waals surface area contributed by atoms with Crippen LogP contribution in [0, 0.1) is 35.0 Å². The highest BCUT2D eigenvalue weighted by atomic mass is 32.1. The third-order valence-corrected chi connectivity index (χ3v) is 8.21. The molecule has 0 aromatic heterocycles. The lowest BCUT2D eigenvalue weighted by Crippen LogP contribution is -2.52. The molecule has 0 spiro atoms. The molecular formula is C20H36BNS. The molecule has 0 bridgehead atoms. The lowest BCUT2D eigenvalue weighted by molar-refractivity contribution is 0.0407. The van der Waals surface area contributed by atoms with Gasteiger partial charge in [0.2, 0.25) is 0 Å².